The Morgan fingerprint density at radius 3 is 0.927 bits per heavy atom. The molecule has 0 fully saturated rings. The largest absolute Gasteiger partial charge is 0.493 e. The molecular weight excluding hydrogens is 1020 g/mol. The molecule has 12 nitrogen and oxygen atoms in total. The Morgan fingerprint density at radius 1 is 0.329 bits per heavy atom. The number of esters is 2. The van der Waals surface area contributed by atoms with E-state index >= 15 is 0 Å². The molecule has 0 aliphatic heterocycles. The van der Waals surface area contributed by atoms with Gasteiger partial charge in [0.25, 0.3) is 0 Å². The van der Waals surface area contributed by atoms with Gasteiger partial charge < -0.3 is 18.9 Å². The summed E-state index contributed by atoms with van der Waals surface area (Å²) in [5.41, 5.74) is 9.54. The third-order valence-electron chi connectivity index (χ3n) is 14.2. The van der Waals surface area contributed by atoms with Crippen LogP contribution < -0.4 is 18.9 Å². The van der Waals surface area contributed by atoms with Gasteiger partial charge in [0.1, 0.15) is 34.1 Å². The number of carbonyl (C=O) groups is 2. The summed E-state index contributed by atoms with van der Waals surface area (Å²) in [5, 5.41) is 0. The summed E-state index contributed by atoms with van der Waals surface area (Å²) < 4.78 is 25.2. The predicted octanol–water partition coefficient (Wildman–Crippen LogP) is 17.5. The maximum absolute atomic E-state index is 14.5. The van der Waals surface area contributed by atoms with Gasteiger partial charge in [-0.1, -0.05) is 152 Å². The van der Waals surface area contributed by atoms with Crippen LogP contribution in [-0.2, 0) is 0 Å². The standard InChI is InChI=1S/C70H72N6O6/c1-3-5-7-9-11-13-15-25-43-79-67-49-58(70(78)82-56-37-33-52(34-38-56)54-47-65(61-29-19-23-41-73-61)76-66(48-54)62-30-20-24-42-74-62)68(80-44-26-16-14-12-10-8-6-4-2)50-57(67)69(77)81-55-35-31-51(32-36-55)53-45-63(59-27-17-21-39-71-59)75-64(46-53)60-28-18-22-40-72-60/h17-24,27-42,45-50H,3-16,25-26,43-44H2,1-2H3. The highest BCUT2D eigenvalue weighted by Crippen LogP contribution is 2.35. The van der Waals surface area contributed by atoms with E-state index in [1.165, 1.54) is 51.4 Å². The number of carbonyl (C=O) groups excluding carboxylic acids is 2. The van der Waals surface area contributed by atoms with Crippen LogP contribution in [0.3, 0.4) is 0 Å². The first kappa shape index (κ1) is 57.8. The van der Waals surface area contributed by atoms with Crippen molar-refractivity contribution in [2.75, 3.05) is 13.2 Å². The number of aromatic nitrogens is 6. The highest BCUT2D eigenvalue weighted by Gasteiger charge is 2.25. The lowest BCUT2D eigenvalue weighted by Gasteiger charge is -2.17. The van der Waals surface area contributed by atoms with Gasteiger partial charge in [-0.2, -0.15) is 0 Å². The summed E-state index contributed by atoms with van der Waals surface area (Å²) in [6, 6.07) is 48.7. The van der Waals surface area contributed by atoms with Crippen LogP contribution in [0.2, 0.25) is 0 Å². The molecule has 0 unspecified atom stereocenters. The van der Waals surface area contributed by atoms with Crippen LogP contribution >= 0.6 is 0 Å². The van der Waals surface area contributed by atoms with Gasteiger partial charge in [-0.05, 0) is 144 Å². The Morgan fingerprint density at radius 2 is 0.634 bits per heavy atom. The summed E-state index contributed by atoms with van der Waals surface area (Å²) in [6.07, 6.45) is 24.8. The summed E-state index contributed by atoms with van der Waals surface area (Å²) >= 11 is 0. The topological polar surface area (TPSA) is 148 Å². The number of nitrogens with zero attached hydrogens (tertiary/aromatic N) is 6. The zero-order valence-corrected chi connectivity index (χ0v) is 47.2. The molecule has 6 heterocycles. The monoisotopic (exact) mass is 1090 g/mol. The van der Waals surface area contributed by atoms with E-state index in [0.29, 0.717) is 47.5 Å². The number of rotatable bonds is 30. The van der Waals surface area contributed by atoms with Crippen molar-refractivity contribution in [3.8, 4) is 90.8 Å². The third-order valence-corrected chi connectivity index (χ3v) is 14.2. The van der Waals surface area contributed by atoms with Crippen LogP contribution in [0.5, 0.6) is 23.0 Å². The van der Waals surface area contributed by atoms with E-state index in [1.807, 2.05) is 121 Å². The summed E-state index contributed by atoms with van der Waals surface area (Å²) in [5.74, 6) is -0.244. The van der Waals surface area contributed by atoms with Crippen LogP contribution in [0.1, 0.15) is 137 Å². The molecule has 0 spiro atoms. The fraction of sp³-hybridized carbons (Fsp3) is 0.286. The second-order valence-electron chi connectivity index (χ2n) is 20.4. The predicted molar refractivity (Wildman–Crippen MR) is 325 cm³/mol. The van der Waals surface area contributed by atoms with Crippen molar-refractivity contribution in [1.82, 2.24) is 29.9 Å². The molecule has 3 aromatic carbocycles. The van der Waals surface area contributed by atoms with Gasteiger partial charge in [0.05, 0.1) is 58.8 Å². The van der Waals surface area contributed by atoms with Gasteiger partial charge in [0.15, 0.2) is 0 Å². The molecule has 9 rings (SSSR count). The Kier molecular flexibility index (Phi) is 21.6. The summed E-state index contributed by atoms with van der Waals surface area (Å²) in [6.45, 7) is 5.12. The molecule has 0 atom stereocenters. The highest BCUT2D eigenvalue weighted by atomic mass is 16.5. The molecule has 0 aliphatic carbocycles. The van der Waals surface area contributed by atoms with E-state index in [0.717, 1.165) is 96.4 Å². The Bertz CT molecular complexity index is 3080. The summed E-state index contributed by atoms with van der Waals surface area (Å²) in [7, 11) is 0. The first-order valence-electron chi connectivity index (χ1n) is 29.2. The minimum Gasteiger partial charge on any atom is -0.493 e. The molecule has 0 saturated heterocycles. The molecule has 0 N–H and O–H groups in total. The van der Waals surface area contributed by atoms with E-state index in [2.05, 4.69) is 33.8 Å². The number of hydrogen-bond donors (Lipinski definition) is 0. The average Bonchev–Trinajstić information content (AvgIpc) is 3.59. The molecule has 0 bridgehead atoms. The fourth-order valence-electron chi connectivity index (χ4n) is 9.69. The third kappa shape index (κ3) is 16.6. The number of hydrogen-bond acceptors (Lipinski definition) is 12. The van der Waals surface area contributed by atoms with Crippen LogP contribution in [0.25, 0.3) is 67.8 Å². The summed E-state index contributed by atoms with van der Waals surface area (Å²) in [4.78, 5) is 57.2. The Hall–Kier alpha value is -8.90. The van der Waals surface area contributed by atoms with E-state index in [9.17, 15) is 9.59 Å². The van der Waals surface area contributed by atoms with Crippen molar-refractivity contribution >= 4 is 11.9 Å². The van der Waals surface area contributed by atoms with Crippen LogP contribution in [0.4, 0.5) is 0 Å². The number of ether oxygens (including phenoxy) is 4. The van der Waals surface area contributed by atoms with E-state index in [-0.39, 0.29) is 22.6 Å². The zero-order valence-electron chi connectivity index (χ0n) is 47.2. The minimum absolute atomic E-state index is 0.136. The molecule has 9 aromatic rings. The lowest BCUT2D eigenvalue weighted by atomic mass is 10.0. The zero-order chi connectivity index (χ0) is 56.6. The number of unbranched alkanes of at least 4 members (excludes halogenated alkanes) is 14. The van der Waals surface area contributed by atoms with Gasteiger partial charge in [-0.3, -0.25) is 19.9 Å². The average molecular weight is 1090 g/mol. The maximum Gasteiger partial charge on any atom is 0.347 e. The fourth-order valence-corrected chi connectivity index (χ4v) is 9.69. The number of pyridine rings is 6. The lowest BCUT2D eigenvalue weighted by Crippen LogP contribution is -2.16. The molecule has 0 aliphatic rings. The van der Waals surface area contributed by atoms with Gasteiger partial charge >= 0.3 is 11.9 Å². The van der Waals surface area contributed by atoms with Crippen molar-refractivity contribution < 1.29 is 28.5 Å². The molecule has 0 saturated carbocycles. The van der Waals surface area contributed by atoms with Gasteiger partial charge in [0, 0.05) is 24.8 Å². The highest BCUT2D eigenvalue weighted by molar-refractivity contribution is 6.00. The van der Waals surface area contributed by atoms with Crippen molar-refractivity contribution in [2.24, 2.45) is 0 Å². The van der Waals surface area contributed by atoms with Crippen molar-refractivity contribution in [1.29, 1.82) is 0 Å². The van der Waals surface area contributed by atoms with Gasteiger partial charge in [-0.25, -0.2) is 19.6 Å². The van der Waals surface area contributed by atoms with E-state index < -0.39 is 11.9 Å². The Labute approximate surface area is 482 Å². The van der Waals surface area contributed by atoms with Gasteiger partial charge in [0.2, 0.25) is 0 Å². The molecule has 0 radical (unpaired) electrons. The molecule has 6 aromatic heterocycles. The lowest BCUT2D eigenvalue weighted by molar-refractivity contribution is 0.0712. The first-order valence-corrected chi connectivity index (χ1v) is 29.2. The quantitative estimate of drug-likeness (QED) is 0.0240. The number of benzene rings is 3. The van der Waals surface area contributed by atoms with Crippen molar-refractivity contribution in [3.05, 3.63) is 194 Å². The van der Waals surface area contributed by atoms with Crippen molar-refractivity contribution in [2.45, 2.75) is 117 Å². The minimum atomic E-state index is -0.654. The molecule has 0 amide bonds. The van der Waals surface area contributed by atoms with Gasteiger partial charge in [-0.15, -0.1) is 0 Å². The van der Waals surface area contributed by atoms with E-state index in [4.69, 9.17) is 28.9 Å². The molecule has 12 heteroatoms. The second kappa shape index (κ2) is 30.6. The first-order chi connectivity index (χ1) is 40.4. The molecule has 418 valence electrons. The van der Waals surface area contributed by atoms with Crippen molar-refractivity contribution in [3.63, 3.8) is 0 Å². The van der Waals surface area contributed by atoms with Crippen LogP contribution in [-0.4, -0.2) is 55.1 Å². The normalized spacial score (nSPS) is 11.0. The molecule has 82 heavy (non-hydrogen) atoms. The van der Waals surface area contributed by atoms with Crippen LogP contribution in [0, 0.1) is 0 Å². The smallest absolute Gasteiger partial charge is 0.347 e. The van der Waals surface area contributed by atoms with E-state index in [1.54, 1.807) is 61.2 Å². The van der Waals surface area contributed by atoms with Crippen LogP contribution in [0.15, 0.2) is 183 Å². The Balaban J connectivity index is 0.983. The SMILES string of the molecule is CCCCCCCCCCOc1cc(C(=O)Oc2ccc(-c3cc(-c4ccccn4)nc(-c4ccccn4)c3)cc2)c(OCCCCCCCCCC)cc1C(=O)Oc1ccc(-c2cc(-c3ccccn3)nc(-c3ccccn3)c2)cc1. The molecular formula is C70H72N6O6. The second-order valence-corrected chi connectivity index (χ2v) is 20.4. The maximum atomic E-state index is 14.5.